The molecule has 0 amide bonds. The predicted octanol–water partition coefficient (Wildman–Crippen LogP) is 2.73. The fraction of sp³-hybridized carbons (Fsp3) is 0.632. The summed E-state index contributed by atoms with van der Waals surface area (Å²) < 4.78 is 5.28. The summed E-state index contributed by atoms with van der Waals surface area (Å²) in [5.74, 6) is 2.06. The third-order valence-electron chi connectivity index (χ3n) is 5.04. The van der Waals surface area contributed by atoms with Crippen LogP contribution in [0.5, 0.6) is 5.75 Å². The SMILES string of the molecule is CCN(CC)C(N)=NC[C@@H]1CCCN(C)[C@@H]1c1ccc(OC)cc1. The summed E-state index contributed by atoms with van der Waals surface area (Å²) in [6, 6.07) is 8.83. The molecular weight excluding hydrogens is 300 g/mol. The summed E-state index contributed by atoms with van der Waals surface area (Å²) in [6.07, 6.45) is 2.41. The molecule has 0 radical (unpaired) electrons. The average molecular weight is 332 g/mol. The van der Waals surface area contributed by atoms with Gasteiger partial charge in [0.1, 0.15) is 5.75 Å². The van der Waals surface area contributed by atoms with Gasteiger partial charge in [-0.2, -0.15) is 0 Å². The number of rotatable bonds is 6. The molecule has 0 unspecified atom stereocenters. The first-order valence-electron chi connectivity index (χ1n) is 8.99. The van der Waals surface area contributed by atoms with Gasteiger partial charge in [0.25, 0.3) is 0 Å². The lowest BCUT2D eigenvalue weighted by Crippen LogP contribution is -2.40. The van der Waals surface area contributed by atoms with Crippen LogP contribution in [-0.4, -0.2) is 56.1 Å². The highest BCUT2D eigenvalue weighted by Crippen LogP contribution is 2.35. The van der Waals surface area contributed by atoms with Crippen LogP contribution in [0.3, 0.4) is 0 Å². The van der Waals surface area contributed by atoms with Crippen molar-refractivity contribution in [1.82, 2.24) is 9.80 Å². The quantitative estimate of drug-likeness (QED) is 0.643. The van der Waals surface area contributed by atoms with Crippen LogP contribution in [-0.2, 0) is 0 Å². The Morgan fingerprint density at radius 1 is 1.29 bits per heavy atom. The third kappa shape index (κ3) is 4.41. The molecule has 1 aromatic carbocycles. The van der Waals surface area contributed by atoms with E-state index < -0.39 is 0 Å². The van der Waals surface area contributed by atoms with Crippen LogP contribution in [0.2, 0.25) is 0 Å². The number of nitrogens with zero attached hydrogens (tertiary/aromatic N) is 3. The van der Waals surface area contributed by atoms with E-state index in [0.717, 1.165) is 31.9 Å². The lowest BCUT2D eigenvalue weighted by molar-refractivity contribution is 0.125. The second kappa shape index (κ2) is 8.92. The third-order valence-corrected chi connectivity index (χ3v) is 5.04. The number of benzene rings is 1. The van der Waals surface area contributed by atoms with Crippen molar-refractivity contribution in [1.29, 1.82) is 0 Å². The first kappa shape index (κ1) is 18.6. The number of hydrogen-bond acceptors (Lipinski definition) is 3. The van der Waals surface area contributed by atoms with Crippen molar-refractivity contribution in [3.8, 4) is 5.75 Å². The van der Waals surface area contributed by atoms with Gasteiger partial charge >= 0.3 is 0 Å². The Morgan fingerprint density at radius 2 is 1.96 bits per heavy atom. The van der Waals surface area contributed by atoms with Crippen LogP contribution in [0.15, 0.2) is 29.3 Å². The second-order valence-electron chi connectivity index (χ2n) is 6.47. The molecule has 1 heterocycles. The van der Waals surface area contributed by atoms with E-state index in [1.165, 1.54) is 18.4 Å². The van der Waals surface area contributed by atoms with E-state index in [1.54, 1.807) is 7.11 Å². The molecule has 1 aliphatic rings. The molecule has 1 aromatic rings. The molecule has 134 valence electrons. The van der Waals surface area contributed by atoms with Gasteiger partial charge in [-0.15, -0.1) is 0 Å². The molecule has 0 saturated carbocycles. The molecule has 1 fully saturated rings. The Bertz CT molecular complexity index is 525. The van der Waals surface area contributed by atoms with Crippen LogP contribution >= 0.6 is 0 Å². The molecule has 2 atom stereocenters. The number of hydrogen-bond donors (Lipinski definition) is 1. The van der Waals surface area contributed by atoms with E-state index >= 15 is 0 Å². The zero-order valence-electron chi connectivity index (χ0n) is 15.5. The average Bonchev–Trinajstić information content (AvgIpc) is 2.61. The van der Waals surface area contributed by atoms with Crippen LogP contribution in [0.4, 0.5) is 0 Å². The number of piperidine rings is 1. The zero-order chi connectivity index (χ0) is 17.5. The molecule has 24 heavy (non-hydrogen) atoms. The van der Waals surface area contributed by atoms with Gasteiger partial charge in [-0.05, 0) is 63.9 Å². The molecule has 0 spiro atoms. The summed E-state index contributed by atoms with van der Waals surface area (Å²) in [6.45, 7) is 7.93. The number of guanidine groups is 1. The topological polar surface area (TPSA) is 54.1 Å². The van der Waals surface area contributed by atoms with Crippen LogP contribution in [0.25, 0.3) is 0 Å². The molecular formula is C19H32N4O. The smallest absolute Gasteiger partial charge is 0.191 e. The van der Waals surface area contributed by atoms with Crippen molar-refractivity contribution >= 4 is 5.96 Å². The summed E-state index contributed by atoms with van der Waals surface area (Å²) in [7, 11) is 3.91. The van der Waals surface area contributed by atoms with E-state index in [0.29, 0.717) is 17.9 Å². The normalized spacial score (nSPS) is 22.4. The van der Waals surface area contributed by atoms with Gasteiger partial charge in [0.2, 0.25) is 0 Å². The summed E-state index contributed by atoms with van der Waals surface area (Å²) in [4.78, 5) is 9.25. The fourth-order valence-electron chi connectivity index (χ4n) is 3.64. The lowest BCUT2D eigenvalue weighted by atomic mass is 9.85. The molecule has 1 aliphatic heterocycles. The highest BCUT2D eigenvalue weighted by molar-refractivity contribution is 5.78. The summed E-state index contributed by atoms with van der Waals surface area (Å²) >= 11 is 0. The van der Waals surface area contributed by atoms with Crippen molar-refractivity contribution in [2.24, 2.45) is 16.6 Å². The van der Waals surface area contributed by atoms with Crippen molar-refractivity contribution in [2.45, 2.75) is 32.7 Å². The molecule has 5 heteroatoms. The fourth-order valence-corrected chi connectivity index (χ4v) is 3.64. The van der Waals surface area contributed by atoms with Crippen molar-refractivity contribution < 1.29 is 4.74 Å². The largest absolute Gasteiger partial charge is 0.497 e. The van der Waals surface area contributed by atoms with Gasteiger partial charge in [-0.3, -0.25) is 9.89 Å². The maximum absolute atomic E-state index is 6.16. The Morgan fingerprint density at radius 3 is 2.54 bits per heavy atom. The summed E-state index contributed by atoms with van der Waals surface area (Å²) in [5.41, 5.74) is 7.49. The highest BCUT2D eigenvalue weighted by Gasteiger charge is 2.30. The van der Waals surface area contributed by atoms with E-state index in [9.17, 15) is 0 Å². The van der Waals surface area contributed by atoms with Crippen LogP contribution in [0.1, 0.15) is 38.3 Å². The Labute approximate surface area is 146 Å². The van der Waals surface area contributed by atoms with Crippen LogP contribution < -0.4 is 10.5 Å². The second-order valence-corrected chi connectivity index (χ2v) is 6.47. The Kier molecular flexibility index (Phi) is 6.91. The first-order valence-corrected chi connectivity index (χ1v) is 8.99. The van der Waals surface area contributed by atoms with Crippen molar-refractivity contribution in [3.05, 3.63) is 29.8 Å². The standard InChI is InChI=1S/C19H32N4O/c1-5-23(6-2)19(20)21-14-16-8-7-13-22(3)18(16)15-9-11-17(24-4)12-10-15/h9-12,16,18H,5-8,13-14H2,1-4H3,(H2,20,21)/t16-,18+/m0/s1. The lowest BCUT2D eigenvalue weighted by Gasteiger charge is -2.39. The van der Waals surface area contributed by atoms with Gasteiger partial charge in [-0.1, -0.05) is 12.1 Å². The van der Waals surface area contributed by atoms with Crippen LogP contribution in [0, 0.1) is 5.92 Å². The Balaban J connectivity index is 2.14. The van der Waals surface area contributed by atoms with Crippen molar-refractivity contribution in [3.63, 3.8) is 0 Å². The predicted molar refractivity (Wildman–Crippen MR) is 100 cm³/mol. The number of likely N-dealkylation sites (tertiary alicyclic amines) is 1. The minimum absolute atomic E-state index is 0.387. The number of nitrogens with two attached hydrogens (primary N) is 1. The van der Waals surface area contributed by atoms with Crippen molar-refractivity contribution in [2.75, 3.05) is 40.3 Å². The number of methoxy groups -OCH3 is 1. The molecule has 5 nitrogen and oxygen atoms in total. The minimum atomic E-state index is 0.387. The Hall–Kier alpha value is -1.75. The van der Waals surface area contributed by atoms with Gasteiger partial charge < -0.3 is 15.4 Å². The van der Waals surface area contributed by atoms with Gasteiger partial charge in [0.05, 0.1) is 7.11 Å². The van der Waals surface area contributed by atoms with E-state index in [1.807, 2.05) is 12.1 Å². The molecule has 2 N–H and O–H groups in total. The first-order chi connectivity index (χ1) is 11.6. The minimum Gasteiger partial charge on any atom is -0.497 e. The maximum Gasteiger partial charge on any atom is 0.191 e. The molecule has 2 rings (SSSR count). The maximum atomic E-state index is 6.16. The number of aliphatic imine (C=N–C) groups is 1. The monoisotopic (exact) mass is 332 g/mol. The molecule has 0 aromatic heterocycles. The zero-order valence-corrected chi connectivity index (χ0v) is 15.5. The number of ether oxygens (including phenoxy) is 1. The summed E-state index contributed by atoms with van der Waals surface area (Å²) in [5, 5.41) is 0. The molecule has 1 saturated heterocycles. The van der Waals surface area contributed by atoms with Gasteiger partial charge in [0.15, 0.2) is 5.96 Å². The van der Waals surface area contributed by atoms with Gasteiger partial charge in [-0.25, -0.2) is 0 Å². The van der Waals surface area contributed by atoms with E-state index in [4.69, 9.17) is 15.5 Å². The van der Waals surface area contributed by atoms with E-state index in [-0.39, 0.29) is 0 Å². The van der Waals surface area contributed by atoms with Gasteiger partial charge in [0, 0.05) is 25.7 Å². The molecule has 0 aliphatic carbocycles. The highest BCUT2D eigenvalue weighted by atomic mass is 16.5. The van der Waals surface area contributed by atoms with E-state index in [2.05, 4.69) is 42.8 Å². The molecule has 0 bridgehead atoms.